The summed E-state index contributed by atoms with van der Waals surface area (Å²) in [5.41, 5.74) is -2.20. The number of ether oxygens (including phenoxy) is 3. The molecular weight excluding hydrogens is 854 g/mol. The molecule has 0 spiro atoms. The molecule has 18 nitrogen and oxygen atoms in total. The molecule has 6 N–H and O–H groups in total. The molecule has 2 aromatic carbocycles. The van der Waals surface area contributed by atoms with Crippen molar-refractivity contribution in [2.45, 2.75) is 69.8 Å². The van der Waals surface area contributed by atoms with Crippen molar-refractivity contribution in [3.8, 4) is 11.3 Å². The van der Waals surface area contributed by atoms with Crippen LogP contribution in [0.5, 0.6) is 0 Å². The van der Waals surface area contributed by atoms with Gasteiger partial charge in [-0.2, -0.15) is 13.2 Å². The lowest BCUT2D eigenvalue weighted by atomic mass is 9.99. The van der Waals surface area contributed by atoms with Crippen LogP contribution in [0.25, 0.3) is 11.3 Å². The highest BCUT2D eigenvalue weighted by Crippen LogP contribution is 2.52. The van der Waals surface area contributed by atoms with E-state index < -0.39 is 80.0 Å². The molecule has 0 radical (unpaired) electrons. The Morgan fingerprint density at radius 1 is 0.873 bits per heavy atom. The summed E-state index contributed by atoms with van der Waals surface area (Å²) < 4.78 is 90.2. The van der Waals surface area contributed by atoms with Gasteiger partial charge in [-0.05, 0) is 31.4 Å². The Morgan fingerprint density at radius 2 is 1.48 bits per heavy atom. The van der Waals surface area contributed by atoms with Crippen LogP contribution >= 0.6 is 7.37 Å². The fourth-order valence-electron chi connectivity index (χ4n) is 6.03. The van der Waals surface area contributed by atoms with Gasteiger partial charge < -0.3 is 50.0 Å². The molecule has 2 unspecified atom stereocenters. The average Bonchev–Trinajstić information content (AvgIpc) is 4.00. The van der Waals surface area contributed by atoms with Gasteiger partial charge in [0.1, 0.15) is 23.5 Å². The number of aliphatic hydroxyl groups is 1. The van der Waals surface area contributed by atoms with E-state index in [1.165, 1.54) is 42.5 Å². The molecule has 1 aromatic heterocycles. The van der Waals surface area contributed by atoms with Crippen molar-refractivity contribution >= 4 is 36.3 Å². The molecule has 0 saturated heterocycles. The normalized spacial score (nSPS) is 16.3. The number of aliphatic hydroxyl groups excluding tert-OH is 1. The molecule has 22 heteroatoms. The number of nitrogens with zero attached hydrogens (tertiary/aromatic N) is 3. The minimum Gasteiger partial charge on any atom is -0.394 e. The maximum atomic E-state index is 13.8. The number of hydrogen-bond acceptors (Lipinski definition) is 13. The lowest BCUT2D eigenvalue weighted by Crippen LogP contribution is -2.55. The second-order valence-corrected chi connectivity index (χ2v) is 16.6. The fourth-order valence-corrected chi connectivity index (χ4v) is 7.77. The van der Waals surface area contributed by atoms with Gasteiger partial charge in [-0.1, -0.05) is 61.4 Å². The lowest BCUT2D eigenvalue weighted by Gasteiger charge is -2.24. The summed E-state index contributed by atoms with van der Waals surface area (Å²) in [5.74, 6) is -3.91. The third-order valence-corrected chi connectivity index (χ3v) is 11.6. The first kappa shape index (κ1) is 47.4. The van der Waals surface area contributed by atoms with Crippen molar-refractivity contribution in [2.24, 2.45) is 16.1 Å². The number of hydrogen-bond donors (Lipinski definition) is 6. The number of nitrogens with one attached hydrogen (secondary N) is 4. The van der Waals surface area contributed by atoms with Crippen LogP contribution in [0.2, 0.25) is 0 Å². The molecule has 4 amide bonds. The molecule has 1 aliphatic rings. The minimum atomic E-state index is -4.71. The summed E-state index contributed by atoms with van der Waals surface area (Å²) in [6.07, 6.45) is -5.63. The van der Waals surface area contributed by atoms with Crippen molar-refractivity contribution in [3.63, 3.8) is 0 Å². The van der Waals surface area contributed by atoms with E-state index in [-0.39, 0.29) is 61.8 Å². The zero-order valence-electron chi connectivity index (χ0n) is 36.7. The molecule has 5 atom stereocenters. The van der Waals surface area contributed by atoms with Crippen LogP contribution in [0.3, 0.4) is 0 Å². The van der Waals surface area contributed by atoms with E-state index >= 15 is 0 Å². The van der Waals surface area contributed by atoms with Gasteiger partial charge in [-0.25, -0.2) is 0 Å². The average molecular weight is 914 g/mol. The van der Waals surface area contributed by atoms with Crippen LogP contribution < -0.4 is 26.6 Å². The molecule has 0 aliphatic carbocycles. The standard InChI is InChI=1S/C41H55F3N7O11P/c1-3-33(39(56)48-35(26-52)38(55)46-17-9-19-60-21-23-61-22-20-59-18-8-16-45-36(53)4-2)47-37(54)29(27-63(57,58)32-10-6-5-7-11-32)24-31-25-34(49-62-31)28-12-14-30(15-13-28)40(50-51-40)41(42,43)44/h5-7,10-15,25,29,33,35,52H,3-4,8-9,16-24,26-27H2,1-2H3,(H,45,53)(H,46,55)(H,47,54)(H,48,56)(H,57,58)/t29-,33+,35+/m1/s1/i2T,4T/t4?,29-,33+,35+. The first-order chi connectivity index (χ1) is 31.0. The monoisotopic (exact) mass is 913 g/mol. The minimum absolute atomic E-state index is 0.0374. The Balaban J connectivity index is 1.23. The van der Waals surface area contributed by atoms with Crippen LogP contribution in [0.1, 0.15) is 53.5 Å². The van der Waals surface area contributed by atoms with Crippen molar-refractivity contribution in [3.05, 3.63) is 72.0 Å². The molecule has 2 heterocycles. The van der Waals surface area contributed by atoms with E-state index in [0.717, 1.165) is 0 Å². The summed E-state index contributed by atoms with van der Waals surface area (Å²) in [4.78, 5) is 62.6. The highest BCUT2D eigenvalue weighted by molar-refractivity contribution is 7.66. The molecule has 0 saturated carbocycles. The first-order valence-corrected chi connectivity index (χ1v) is 22.1. The molecule has 0 bridgehead atoms. The highest BCUT2D eigenvalue weighted by Gasteiger charge is 2.65. The summed E-state index contributed by atoms with van der Waals surface area (Å²) in [6, 6.07) is 11.7. The maximum absolute atomic E-state index is 13.8. The molecular formula is C41H55F3N7O11P. The van der Waals surface area contributed by atoms with Gasteiger partial charge in [-0.15, -0.1) is 10.2 Å². The van der Waals surface area contributed by atoms with Crippen LogP contribution in [0.4, 0.5) is 13.2 Å². The second-order valence-electron chi connectivity index (χ2n) is 14.3. The molecule has 1 aliphatic heterocycles. The number of carbonyl (C=O) groups is 4. The first-order valence-electron chi connectivity index (χ1n) is 21.5. The van der Waals surface area contributed by atoms with E-state index in [2.05, 4.69) is 36.7 Å². The topological polar surface area (TPSA) is 252 Å². The highest BCUT2D eigenvalue weighted by atomic mass is 31.2. The van der Waals surface area contributed by atoms with Crippen molar-refractivity contribution in [1.82, 2.24) is 26.4 Å². The van der Waals surface area contributed by atoms with E-state index in [4.69, 9.17) is 21.5 Å². The molecule has 0 fully saturated rings. The molecule has 3 aromatic rings. The summed E-state index contributed by atoms with van der Waals surface area (Å²) in [6.45, 7) is 2.98. The number of alkyl halides is 3. The smallest absolute Gasteiger partial charge is 0.394 e. The maximum Gasteiger partial charge on any atom is 0.442 e. The van der Waals surface area contributed by atoms with Gasteiger partial charge in [0.05, 0.1) is 39.0 Å². The van der Waals surface area contributed by atoms with Gasteiger partial charge in [0, 0.05) is 70.5 Å². The van der Waals surface area contributed by atoms with Crippen molar-refractivity contribution in [1.29, 1.82) is 0 Å². The fraction of sp³-hybridized carbons (Fsp3) is 0.537. The second kappa shape index (κ2) is 24.7. The van der Waals surface area contributed by atoms with Gasteiger partial charge in [0.25, 0.3) is 0 Å². The zero-order valence-corrected chi connectivity index (χ0v) is 35.6. The van der Waals surface area contributed by atoms with Gasteiger partial charge in [-0.3, -0.25) is 23.7 Å². The van der Waals surface area contributed by atoms with Crippen LogP contribution in [-0.4, -0.2) is 123 Å². The summed E-state index contributed by atoms with van der Waals surface area (Å²) in [5, 5.41) is 30.6. The molecule has 63 heavy (non-hydrogen) atoms. The Morgan fingerprint density at radius 3 is 2.05 bits per heavy atom. The third kappa shape index (κ3) is 15.6. The van der Waals surface area contributed by atoms with E-state index in [1.807, 2.05) is 0 Å². The zero-order chi connectivity index (χ0) is 47.5. The molecule has 4 rings (SSSR count). The Kier molecular flexibility index (Phi) is 18.6. The Hall–Kier alpha value is -5.05. The number of carbonyl (C=O) groups excluding carboxylic acids is 4. The SMILES string of the molecule is [3H]CC([3H])C(=O)NCCCOCCOCCOCCCNC(=O)[C@H](CO)NC(=O)[C@H](CC)NC(=O)[C@H](Cc1cc(-c2ccc(C3(C(F)(F)F)N=N3)cc2)no1)CP(=O)(O)c1ccccc1. The van der Waals surface area contributed by atoms with Crippen molar-refractivity contribution < 1.29 is 68.4 Å². The Bertz CT molecular complexity index is 2060. The third-order valence-electron chi connectivity index (χ3n) is 9.60. The van der Waals surface area contributed by atoms with Crippen LogP contribution in [-0.2, 0) is 50.0 Å². The van der Waals surface area contributed by atoms with Crippen LogP contribution in [0, 0.1) is 5.92 Å². The molecule has 346 valence electrons. The number of rotatable bonds is 29. The van der Waals surface area contributed by atoms with E-state index in [0.29, 0.717) is 51.4 Å². The quantitative estimate of drug-likeness (QED) is 0.0434. The number of halogens is 3. The van der Waals surface area contributed by atoms with E-state index in [1.54, 1.807) is 25.1 Å². The lowest BCUT2D eigenvalue weighted by molar-refractivity contribution is -0.166. The number of aromatic nitrogens is 1. The summed E-state index contributed by atoms with van der Waals surface area (Å²) in [7, 11) is -4.18. The summed E-state index contributed by atoms with van der Waals surface area (Å²) >= 11 is 0. The van der Waals surface area contributed by atoms with Crippen LogP contribution in [0.15, 0.2) is 75.4 Å². The number of benzene rings is 2. The largest absolute Gasteiger partial charge is 0.442 e. The predicted molar refractivity (Wildman–Crippen MR) is 222 cm³/mol. The predicted octanol–water partition coefficient (Wildman–Crippen LogP) is 3.12. The van der Waals surface area contributed by atoms with Gasteiger partial charge in [0.2, 0.25) is 31.0 Å². The van der Waals surface area contributed by atoms with Crippen molar-refractivity contribution in [2.75, 3.05) is 65.5 Å². The van der Waals surface area contributed by atoms with Gasteiger partial charge in [0.15, 0.2) is 0 Å². The van der Waals surface area contributed by atoms with E-state index in [9.17, 15) is 46.9 Å². The van der Waals surface area contributed by atoms with Gasteiger partial charge >= 0.3 is 11.8 Å². The Labute approximate surface area is 365 Å². The number of amides is 4.